The molecule has 3 rings (SSSR count). The van der Waals surface area contributed by atoms with Crippen LogP contribution in [0.15, 0.2) is 46.9 Å². The van der Waals surface area contributed by atoms with Crippen LogP contribution in [0, 0.1) is 24.4 Å². The van der Waals surface area contributed by atoms with Gasteiger partial charge in [-0.25, -0.2) is 13.2 Å². The van der Waals surface area contributed by atoms with Gasteiger partial charge in [0.15, 0.2) is 5.76 Å². The molecule has 1 atom stereocenters. The second-order valence-electron chi connectivity index (χ2n) is 6.66. The van der Waals surface area contributed by atoms with E-state index in [1.807, 2.05) is 0 Å². The largest absolute Gasteiger partial charge is 0.451 e. The lowest BCUT2D eigenvalue weighted by Gasteiger charge is -2.14. The van der Waals surface area contributed by atoms with Gasteiger partial charge in [0.2, 0.25) is 0 Å². The average molecular weight is 427 g/mol. The van der Waals surface area contributed by atoms with Gasteiger partial charge in [0.25, 0.3) is 5.91 Å². The number of carbonyl (C=O) groups is 1. The molecule has 3 nitrogen and oxygen atoms in total. The van der Waals surface area contributed by atoms with E-state index >= 15 is 0 Å². The fourth-order valence-electron chi connectivity index (χ4n) is 2.78. The molecule has 2 aromatic carbocycles. The number of hydrogen-bond donors (Lipinski definition) is 1. The van der Waals surface area contributed by atoms with Crippen molar-refractivity contribution in [3.8, 4) is 11.3 Å². The van der Waals surface area contributed by atoms with Crippen LogP contribution in [0.2, 0.25) is 0 Å². The van der Waals surface area contributed by atoms with E-state index in [1.165, 1.54) is 26.0 Å². The Morgan fingerprint density at radius 1 is 0.967 bits per heavy atom. The quantitative estimate of drug-likeness (QED) is 0.505. The molecule has 1 amide bonds. The zero-order chi connectivity index (χ0) is 22.2. The highest BCUT2D eigenvalue weighted by Crippen LogP contribution is 2.34. The third-order valence-corrected chi connectivity index (χ3v) is 4.54. The molecule has 0 aliphatic carbocycles. The smallest absolute Gasteiger partial charge is 0.419 e. The van der Waals surface area contributed by atoms with Crippen LogP contribution in [-0.4, -0.2) is 5.91 Å². The van der Waals surface area contributed by atoms with Crippen LogP contribution < -0.4 is 5.32 Å². The fourth-order valence-corrected chi connectivity index (χ4v) is 2.78. The molecule has 0 aliphatic heterocycles. The SMILES string of the molecule is Cc1c(F)cc(C(C)NC(=O)c2ccc(-c3ccc(F)c(C(F)(F)F)c3)o2)cc1F. The Kier molecular flexibility index (Phi) is 5.65. The van der Waals surface area contributed by atoms with Gasteiger partial charge in [0.1, 0.15) is 23.2 Å². The number of hydrogen-bond acceptors (Lipinski definition) is 2. The summed E-state index contributed by atoms with van der Waals surface area (Å²) in [6.07, 6.45) is -4.89. The molecule has 0 fully saturated rings. The number of carbonyl (C=O) groups excluding carboxylic acids is 1. The van der Waals surface area contributed by atoms with Gasteiger partial charge in [-0.1, -0.05) is 0 Å². The highest BCUT2D eigenvalue weighted by atomic mass is 19.4. The van der Waals surface area contributed by atoms with E-state index in [2.05, 4.69) is 5.32 Å². The Labute approximate surface area is 167 Å². The number of furan rings is 1. The van der Waals surface area contributed by atoms with Gasteiger partial charge in [-0.2, -0.15) is 13.2 Å². The van der Waals surface area contributed by atoms with E-state index in [0.29, 0.717) is 12.1 Å². The maximum Gasteiger partial charge on any atom is 0.419 e. The highest BCUT2D eigenvalue weighted by Gasteiger charge is 2.34. The molecule has 3 aromatic rings. The van der Waals surface area contributed by atoms with E-state index < -0.39 is 41.1 Å². The minimum atomic E-state index is -4.89. The second kappa shape index (κ2) is 7.89. The summed E-state index contributed by atoms with van der Waals surface area (Å²) in [5.74, 6) is -4.00. The molecule has 0 aliphatic rings. The van der Waals surface area contributed by atoms with Crippen molar-refractivity contribution in [3.05, 3.63) is 82.4 Å². The summed E-state index contributed by atoms with van der Waals surface area (Å²) >= 11 is 0. The molecule has 1 N–H and O–H groups in total. The van der Waals surface area contributed by atoms with E-state index in [1.54, 1.807) is 0 Å². The summed E-state index contributed by atoms with van der Waals surface area (Å²) in [7, 11) is 0. The predicted octanol–water partition coefficient (Wildman–Crippen LogP) is 6.18. The lowest BCUT2D eigenvalue weighted by molar-refractivity contribution is -0.139. The standard InChI is InChI=1S/C21H15F6NO2/c1-10-16(23)8-13(9-17(10)24)11(2)28-20(29)19-6-5-18(30-19)12-3-4-15(22)14(7-12)21(25,26)27/h3-9,11H,1-2H3,(H,28,29). The average Bonchev–Trinajstić information content (AvgIpc) is 3.15. The molecule has 0 saturated heterocycles. The molecule has 1 unspecified atom stereocenters. The molecular formula is C21H15F6NO2. The van der Waals surface area contributed by atoms with Gasteiger partial charge in [-0.15, -0.1) is 0 Å². The molecule has 0 saturated carbocycles. The zero-order valence-corrected chi connectivity index (χ0v) is 15.7. The van der Waals surface area contributed by atoms with Crippen LogP contribution in [0.3, 0.4) is 0 Å². The van der Waals surface area contributed by atoms with Crippen molar-refractivity contribution in [3.63, 3.8) is 0 Å². The van der Waals surface area contributed by atoms with Crippen LogP contribution in [-0.2, 0) is 6.18 Å². The molecular weight excluding hydrogens is 412 g/mol. The fraction of sp³-hybridized carbons (Fsp3) is 0.190. The molecule has 1 aromatic heterocycles. The maximum absolute atomic E-state index is 13.7. The van der Waals surface area contributed by atoms with E-state index in [4.69, 9.17) is 4.42 Å². The van der Waals surface area contributed by atoms with Crippen molar-refractivity contribution in [2.75, 3.05) is 0 Å². The lowest BCUT2D eigenvalue weighted by Crippen LogP contribution is -2.26. The summed E-state index contributed by atoms with van der Waals surface area (Å²) in [5.41, 5.74) is -1.49. The number of amides is 1. The minimum absolute atomic E-state index is 0.0708. The first-order chi connectivity index (χ1) is 14.0. The molecule has 9 heteroatoms. The van der Waals surface area contributed by atoms with Crippen molar-refractivity contribution >= 4 is 5.91 Å². The van der Waals surface area contributed by atoms with E-state index in [9.17, 15) is 31.1 Å². The molecule has 30 heavy (non-hydrogen) atoms. The number of nitrogens with one attached hydrogen (secondary N) is 1. The highest BCUT2D eigenvalue weighted by molar-refractivity contribution is 5.92. The minimum Gasteiger partial charge on any atom is -0.451 e. The van der Waals surface area contributed by atoms with Gasteiger partial charge in [0, 0.05) is 11.1 Å². The number of halogens is 6. The Morgan fingerprint density at radius 2 is 1.60 bits per heavy atom. The van der Waals surface area contributed by atoms with Crippen LogP contribution >= 0.6 is 0 Å². The second-order valence-corrected chi connectivity index (χ2v) is 6.66. The number of benzene rings is 2. The predicted molar refractivity (Wildman–Crippen MR) is 96.1 cm³/mol. The maximum atomic E-state index is 13.7. The number of alkyl halides is 3. The summed E-state index contributed by atoms with van der Waals surface area (Å²) in [4.78, 5) is 12.4. The van der Waals surface area contributed by atoms with E-state index in [-0.39, 0.29) is 28.2 Å². The normalized spacial score (nSPS) is 12.7. The number of rotatable bonds is 4. The van der Waals surface area contributed by atoms with Crippen molar-refractivity contribution in [1.82, 2.24) is 5.32 Å². The van der Waals surface area contributed by atoms with Gasteiger partial charge in [0.05, 0.1) is 11.6 Å². The third kappa shape index (κ3) is 4.34. The summed E-state index contributed by atoms with van der Waals surface area (Å²) in [6, 6.07) is 6.22. The topological polar surface area (TPSA) is 42.2 Å². The molecule has 0 radical (unpaired) electrons. The van der Waals surface area contributed by atoms with Crippen LogP contribution in [0.25, 0.3) is 11.3 Å². The van der Waals surface area contributed by atoms with Crippen molar-refractivity contribution < 1.29 is 35.6 Å². The van der Waals surface area contributed by atoms with E-state index in [0.717, 1.165) is 18.2 Å². The van der Waals surface area contributed by atoms with Crippen LogP contribution in [0.5, 0.6) is 0 Å². The Balaban J connectivity index is 1.80. The molecule has 0 bridgehead atoms. The van der Waals surface area contributed by atoms with Gasteiger partial charge in [-0.05, 0) is 61.9 Å². The summed E-state index contributed by atoms with van der Waals surface area (Å²) in [5, 5.41) is 2.49. The molecule has 158 valence electrons. The van der Waals surface area contributed by atoms with Gasteiger partial charge < -0.3 is 9.73 Å². The van der Waals surface area contributed by atoms with Crippen molar-refractivity contribution in [1.29, 1.82) is 0 Å². The zero-order valence-electron chi connectivity index (χ0n) is 15.7. The lowest BCUT2D eigenvalue weighted by atomic mass is 10.1. The Bertz CT molecular complexity index is 1080. The van der Waals surface area contributed by atoms with Crippen molar-refractivity contribution in [2.45, 2.75) is 26.1 Å². The monoisotopic (exact) mass is 427 g/mol. The summed E-state index contributed by atoms with van der Waals surface area (Å²) in [6.45, 7) is 2.78. The Hall–Kier alpha value is -3.23. The third-order valence-electron chi connectivity index (χ3n) is 4.54. The first-order valence-corrected chi connectivity index (χ1v) is 8.70. The van der Waals surface area contributed by atoms with Crippen LogP contribution in [0.4, 0.5) is 26.3 Å². The first kappa shape index (κ1) is 21.5. The van der Waals surface area contributed by atoms with Crippen molar-refractivity contribution in [2.24, 2.45) is 0 Å². The van der Waals surface area contributed by atoms with Crippen LogP contribution in [0.1, 0.15) is 40.2 Å². The van der Waals surface area contributed by atoms with Gasteiger partial charge in [-0.3, -0.25) is 4.79 Å². The first-order valence-electron chi connectivity index (χ1n) is 8.70. The molecule has 1 heterocycles. The van der Waals surface area contributed by atoms with Gasteiger partial charge >= 0.3 is 6.18 Å². The Morgan fingerprint density at radius 3 is 2.20 bits per heavy atom. The summed E-state index contributed by atoms with van der Waals surface area (Å²) < 4.78 is 84.8. The molecule has 0 spiro atoms.